The number of amides is 1. The Bertz CT molecular complexity index is 1000. The van der Waals surface area contributed by atoms with E-state index in [1.807, 2.05) is 24.3 Å². The Kier molecular flexibility index (Phi) is 3.23. The van der Waals surface area contributed by atoms with Crippen LogP contribution in [0, 0.1) is 0 Å². The van der Waals surface area contributed by atoms with Gasteiger partial charge in [-0.2, -0.15) is 14.6 Å². The average molecular weight is 323 g/mol. The van der Waals surface area contributed by atoms with E-state index in [-0.39, 0.29) is 23.8 Å². The van der Waals surface area contributed by atoms with Gasteiger partial charge in [0.25, 0.3) is 5.56 Å². The van der Waals surface area contributed by atoms with Crippen molar-refractivity contribution in [1.29, 1.82) is 0 Å². The van der Waals surface area contributed by atoms with Crippen molar-refractivity contribution in [2.45, 2.75) is 25.7 Å². The third kappa shape index (κ3) is 2.05. The largest absolute Gasteiger partial charge is 0.310 e. The Morgan fingerprint density at radius 1 is 1.25 bits per heavy atom. The molecule has 0 aliphatic carbocycles. The number of aryl methyl sites for hydroxylation is 2. The second-order valence-corrected chi connectivity index (χ2v) is 6.00. The summed E-state index contributed by atoms with van der Waals surface area (Å²) in [5.74, 6) is 0.413. The first-order chi connectivity index (χ1) is 11.6. The summed E-state index contributed by atoms with van der Waals surface area (Å²) in [5, 5.41) is 6.94. The van der Waals surface area contributed by atoms with E-state index in [0.717, 1.165) is 12.0 Å². The van der Waals surface area contributed by atoms with Gasteiger partial charge in [-0.05, 0) is 17.5 Å². The molecule has 1 N–H and O–H groups in total. The van der Waals surface area contributed by atoms with Gasteiger partial charge in [0.2, 0.25) is 11.7 Å². The van der Waals surface area contributed by atoms with Crippen molar-refractivity contribution >= 4 is 17.5 Å². The van der Waals surface area contributed by atoms with Crippen LogP contribution < -0.4 is 10.9 Å². The highest BCUT2D eigenvalue weighted by Gasteiger charge is 2.32. The van der Waals surface area contributed by atoms with Crippen LogP contribution in [0.3, 0.4) is 0 Å². The molecule has 0 saturated carbocycles. The fourth-order valence-electron chi connectivity index (χ4n) is 3.28. The highest BCUT2D eigenvalue weighted by molar-refractivity contribution is 5.94. The van der Waals surface area contributed by atoms with E-state index in [9.17, 15) is 9.59 Å². The van der Waals surface area contributed by atoms with Crippen molar-refractivity contribution in [2.24, 2.45) is 7.05 Å². The van der Waals surface area contributed by atoms with Crippen molar-refractivity contribution in [2.75, 3.05) is 5.32 Å². The highest BCUT2D eigenvalue weighted by Crippen LogP contribution is 2.34. The number of anilines is 1. The van der Waals surface area contributed by atoms with E-state index in [0.29, 0.717) is 17.2 Å². The van der Waals surface area contributed by atoms with Crippen LogP contribution in [0.25, 0.3) is 5.78 Å². The molecule has 3 heterocycles. The molecule has 2 aromatic heterocycles. The van der Waals surface area contributed by atoms with Crippen molar-refractivity contribution in [3.8, 4) is 0 Å². The molecular formula is C17H17N5O2. The van der Waals surface area contributed by atoms with Crippen LogP contribution in [-0.4, -0.2) is 25.1 Å². The zero-order valence-electron chi connectivity index (χ0n) is 13.5. The maximum Gasteiger partial charge on any atom is 0.260 e. The van der Waals surface area contributed by atoms with E-state index in [2.05, 4.69) is 22.3 Å². The molecule has 0 fully saturated rings. The summed E-state index contributed by atoms with van der Waals surface area (Å²) in [6.45, 7) is 2.09. The van der Waals surface area contributed by atoms with Crippen LogP contribution >= 0.6 is 0 Å². The quantitative estimate of drug-likeness (QED) is 0.774. The van der Waals surface area contributed by atoms with Gasteiger partial charge in [0.15, 0.2) is 0 Å². The molecule has 0 bridgehead atoms. The zero-order chi connectivity index (χ0) is 16.8. The van der Waals surface area contributed by atoms with Crippen LogP contribution in [0.15, 0.2) is 35.4 Å². The Hall–Kier alpha value is -2.96. The molecule has 1 aliphatic rings. The maximum absolute atomic E-state index is 12.9. The lowest BCUT2D eigenvalue weighted by molar-refractivity contribution is -0.116. The summed E-state index contributed by atoms with van der Waals surface area (Å²) in [6.07, 6.45) is 2.57. The monoisotopic (exact) mass is 323 g/mol. The van der Waals surface area contributed by atoms with Crippen LogP contribution in [-0.2, 0) is 18.3 Å². The predicted octanol–water partition coefficient (Wildman–Crippen LogP) is 1.46. The molecule has 1 aliphatic heterocycles. The average Bonchev–Trinajstić information content (AvgIpc) is 3.09. The topological polar surface area (TPSA) is 81.3 Å². The Balaban J connectivity index is 1.97. The van der Waals surface area contributed by atoms with Gasteiger partial charge >= 0.3 is 0 Å². The van der Waals surface area contributed by atoms with E-state index < -0.39 is 0 Å². The van der Waals surface area contributed by atoms with E-state index >= 15 is 0 Å². The minimum absolute atomic E-state index is 0.128. The van der Waals surface area contributed by atoms with Crippen molar-refractivity contribution in [3.63, 3.8) is 0 Å². The fraction of sp³-hybridized carbons (Fsp3) is 0.294. The number of aromatic nitrogens is 4. The molecule has 4 rings (SSSR count). The second kappa shape index (κ2) is 5.30. The van der Waals surface area contributed by atoms with Crippen molar-refractivity contribution in [1.82, 2.24) is 19.2 Å². The fourth-order valence-corrected chi connectivity index (χ4v) is 3.28. The molecule has 0 unspecified atom stereocenters. The Morgan fingerprint density at radius 2 is 2.00 bits per heavy atom. The van der Waals surface area contributed by atoms with Gasteiger partial charge in [0.05, 0.1) is 5.56 Å². The van der Waals surface area contributed by atoms with Gasteiger partial charge in [-0.3, -0.25) is 14.2 Å². The third-order valence-corrected chi connectivity index (χ3v) is 4.62. The zero-order valence-corrected chi connectivity index (χ0v) is 13.5. The first-order valence-electron chi connectivity index (χ1n) is 7.91. The first-order valence-corrected chi connectivity index (χ1v) is 7.91. The number of fused-ring (bicyclic) bond motifs is 3. The number of hydrogen-bond donors (Lipinski definition) is 1. The summed E-state index contributed by atoms with van der Waals surface area (Å²) < 4.78 is 2.98. The van der Waals surface area contributed by atoms with Gasteiger partial charge in [0.1, 0.15) is 12.1 Å². The molecule has 0 spiro atoms. The van der Waals surface area contributed by atoms with Crippen LogP contribution in [0.4, 0.5) is 5.82 Å². The summed E-state index contributed by atoms with van der Waals surface area (Å²) >= 11 is 0. The molecule has 122 valence electrons. The smallest absolute Gasteiger partial charge is 0.260 e. The first kappa shape index (κ1) is 14.6. The molecule has 7 heteroatoms. The third-order valence-electron chi connectivity index (χ3n) is 4.62. The van der Waals surface area contributed by atoms with Gasteiger partial charge in [-0.25, -0.2) is 0 Å². The number of rotatable bonds is 2. The molecular weight excluding hydrogens is 306 g/mol. The van der Waals surface area contributed by atoms with Gasteiger partial charge in [-0.1, -0.05) is 31.2 Å². The van der Waals surface area contributed by atoms with E-state index in [1.165, 1.54) is 21.0 Å². The van der Waals surface area contributed by atoms with Gasteiger partial charge < -0.3 is 5.32 Å². The Morgan fingerprint density at radius 3 is 2.71 bits per heavy atom. The van der Waals surface area contributed by atoms with Crippen LogP contribution in [0.2, 0.25) is 0 Å². The second-order valence-electron chi connectivity index (χ2n) is 6.00. The SMILES string of the molecule is CCc1ccc([C@H]2CC(=O)Nc3c2c(=O)n(C)c2ncnn32)cc1. The Labute approximate surface area is 138 Å². The van der Waals surface area contributed by atoms with Crippen molar-refractivity contribution < 1.29 is 4.79 Å². The molecule has 1 aromatic carbocycles. The molecule has 0 radical (unpaired) electrons. The van der Waals surface area contributed by atoms with E-state index in [4.69, 9.17) is 0 Å². The minimum atomic E-state index is -0.285. The number of carbonyl (C=O) groups excluding carboxylic acids is 1. The minimum Gasteiger partial charge on any atom is -0.310 e. The van der Waals surface area contributed by atoms with E-state index in [1.54, 1.807) is 7.05 Å². The molecule has 24 heavy (non-hydrogen) atoms. The molecule has 1 atom stereocenters. The molecule has 1 amide bonds. The number of carbonyl (C=O) groups is 1. The van der Waals surface area contributed by atoms with Gasteiger partial charge in [-0.15, -0.1) is 0 Å². The summed E-state index contributed by atoms with van der Waals surface area (Å²) in [7, 11) is 1.67. The summed E-state index contributed by atoms with van der Waals surface area (Å²) in [4.78, 5) is 29.2. The number of benzene rings is 1. The standard InChI is InChI=1S/C17H17N5O2/c1-3-10-4-6-11(7-5-10)12-8-13(23)20-15-14(12)16(24)21(2)17-18-9-19-22(15)17/h4-7,9,12H,3,8H2,1-2H3,(H,20,23)/t12-/m1/s1. The normalized spacial score (nSPS) is 16.9. The maximum atomic E-state index is 12.9. The highest BCUT2D eigenvalue weighted by atomic mass is 16.2. The molecule has 3 aromatic rings. The molecule has 0 saturated heterocycles. The van der Waals surface area contributed by atoms with Crippen LogP contribution in [0.1, 0.15) is 36.0 Å². The van der Waals surface area contributed by atoms with Gasteiger partial charge in [0, 0.05) is 19.4 Å². The number of hydrogen-bond acceptors (Lipinski definition) is 4. The lowest BCUT2D eigenvalue weighted by atomic mass is 9.86. The summed E-state index contributed by atoms with van der Waals surface area (Å²) in [5.41, 5.74) is 2.58. The molecule has 7 nitrogen and oxygen atoms in total. The number of nitrogens with zero attached hydrogens (tertiary/aromatic N) is 4. The summed E-state index contributed by atoms with van der Waals surface area (Å²) in [6, 6.07) is 8.08. The van der Waals surface area contributed by atoms with Crippen LogP contribution in [0.5, 0.6) is 0 Å². The van der Waals surface area contributed by atoms with Crippen molar-refractivity contribution in [3.05, 3.63) is 57.6 Å². The number of nitrogens with one attached hydrogen (secondary N) is 1. The predicted molar refractivity (Wildman–Crippen MR) is 89.1 cm³/mol. The lowest BCUT2D eigenvalue weighted by Gasteiger charge is -2.26. The lowest BCUT2D eigenvalue weighted by Crippen LogP contribution is -2.35.